The number of aliphatic hydroxyl groups is 1. The van der Waals surface area contributed by atoms with Crippen molar-refractivity contribution in [1.29, 1.82) is 0 Å². The molecule has 0 saturated heterocycles. The van der Waals surface area contributed by atoms with Gasteiger partial charge in [-0.25, -0.2) is 0 Å². The van der Waals surface area contributed by atoms with Crippen LogP contribution >= 0.6 is 11.8 Å². The van der Waals surface area contributed by atoms with E-state index in [1.807, 2.05) is 11.8 Å². The fraction of sp³-hybridized carbons (Fsp3) is 0.625. The van der Waals surface area contributed by atoms with Crippen LogP contribution in [-0.2, 0) is 6.42 Å². The highest BCUT2D eigenvalue weighted by atomic mass is 32.2. The quantitative estimate of drug-likeness (QED) is 0.645. The second kappa shape index (κ2) is 10.3. The summed E-state index contributed by atoms with van der Waals surface area (Å²) >= 11 is 1.91. The SMILES string of the molecule is CCCc1ccc(C(CSCCCO)NCC)cc1. The van der Waals surface area contributed by atoms with Gasteiger partial charge in [0.1, 0.15) is 0 Å². The van der Waals surface area contributed by atoms with Crippen molar-refractivity contribution in [3.63, 3.8) is 0 Å². The van der Waals surface area contributed by atoms with Crippen LogP contribution in [0.1, 0.15) is 43.9 Å². The van der Waals surface area contributed by atoms with E-state index in [0.717, 1.165) is 30.9 Å². The molecule has 2 N–H and O–H groups in total. The predicted molar refractivity (Wildman–Crippen MR) is 85.9 cm³/mol. The summed E-state index contributed by atoms with van der Waals surface area (Å²) in [4.78, 5) is 0. The third-order valence-corrected chi connectivity index (χ3v) is 4.25. The minimum atomic E-state index is 0.296. The number of hydrogen-bond donors (Lipinski definition) is 2. The number of aryl methyl sites for hydroxylation is 1. The lowest BCUT2D eigenvalue weighted by molar-refractivity contribution is 0.296. The predicted octanol–water partition coefficient (Wildman–Crippen LogP) is 3.41. The lowest BCUT2D eigenvalue weighted by Gasteiger charge is -2.18. The average molecular weight is 281 g/mol. The molecule has 0 bridgehead atoms. The smallest absolute Gasteiger partial charge is 0.0438 e. The fourth-order valence-electron chi connectivity index (χ4n) is 2.09. The van der Waals surface area contributed by atoms with Gasteiger partial charge in [0.15, 0.2) is 0 Å². The molecule has 0 heterocycles. The Morgan fingerprint density at radius 2 is 1.95 bits per heavy atom. The van der Waals surface area contributed by atoms with E-state index in [-0.39, 0.29) is 0 Å². The molecule has 3 heteroatoms. The molecule has 108 valence electrons. The minimum Gasteiger partial charge on any atom is -0.396 e. The molecular formula is C16H27NOS. The number of nitrogens with one attached hydrogen (secondary N) is 1. The molecule has 0 fully saturated rings. The van der Waals surface area contributed by atoms with Gasteiger partial charge in [-0.05, 0) is 36.3 Å². The van der Waals surface area contributed by atoms with E-state index in [0.29, 0.717) is 12.6 Å². The summed E-state index contributed by atoms with van der Waals surface area (Å²) in [6.07, 6.45) is 3.25. The van der Waals surface area contributed by atoms with Crippen LogP contribution in [0.2, 0.25) is 0 Å². The van der Waals surface area contributed by atoms with Crippen molar-refractivity contribution in [3.8, 4) is 0 Å². The summed E-state index contributed by atoms with van der Waals surface area (Å²) in [7, 11) is 0. The van der Waals surface area contributed by atoms with Gasteiger partial charge in [0.05, 0.1) is 0 Å². The highest BCUT2D eigenvalue weighted by Crippen LogP contribution is 2.20. The highest BCUT2D eigenvalue weighted by Gasteiger charge is 2.09. The largest absolute Gasteiger partial charge is 0.396 e. The summed E-state index contributed by atoms with van der Waals surface area (Å²) in [5.41, 5.74) is 2.80. The maximum atomic E-state index is 8.80. The number of benzene rings is 1. The van der Waals surface area contributed by atoms with E-state index in [1.54, 1.807) is 0 Å². The maximum absolute atomic E-state index is 8.80. The van der Waals surface area contributed by atoms with Gasteiger partial charge in [0, 0.05) is 18.4 Å². The summed E-state index contributed by atoms with van der Waals surface area (Å²) in [6, 6.07) is 9.43. The van der Waals surface area contributed by atoms with Crippen molar-refractivity contribution in [2.75, 3.05) is 24.7 Å². The first-order valence-corrected chi connectivity index (χ1v) is 8.48. The zero-order valence-corrected chi connectivity index (χ0v) is 13.0. The Kier molecular flexibility index (Phi) is 8.97. The van der Waals surface area contributed by atoms with Gasteiger partial charge in [0.25, 0.3) is 0 Å². The van der Waals surface area contributed by atoms with Gasteiger partial charge < -0.3 is 10.4 Å². The second-order valence-electron chi connectivity index (χ2n) is 4.75. The van der Waals surface area contributed by atoms with Crippen molar-refractivity contribution in [1.82, 2.24) is 5.32 Å². The summed E-state index contributed by atoms with van der Waals surface area (Å²) in [5.74, 6) is 2.10. The van der Waals surface area contributed by atoms with Crippen LogP contribution in [0.25, 0.3) is 0 Å². The average Bonchev–Trinajstić information content (AvgIpc) is 2.44. The lowest BCUT2D eigenvalue weighted by Crippen LogP contribution is -2.23. The third kappa shape index (κ3) is 6.46. The van der Waals surface area contributed by atoms with Crippen molar-refractivity contribution >= 4 is 11.8 Å². The Balaban J connectivity index is 2.53. The molecule has 0 spiro atoms. The zero-order chi connectivity index (χ0) is 13.9. The van der Waals surface area contributed by atoms with Gasteiger partial charge in [-0.3, -0.25) is 0 Å². The summed E-state index contributed by atoms with van der Waals surface area (Å²) in [5, 5.41) is 12.3. The maximum Gasteiger partial charge on any atom is 0.0438 e. The van der Waals surface area contributed by atoms with E-state index in [4.69, 9.17) is 5.11 Å². The molecule has 0 aromatic heterocycles. The molecule has 1 rings (SSSR count). The van der Waals surface area contributed by atoms with Crippen LogP contribution in [0.15, 0.2) is 24.3 Å². The van der Waals surface area contributed by atoms with E-state index in [9.17, 15) is 0 Å². The van der Waals surface area contributed by atoms with Gasteiger partial charge in [-0.1, -0.05) is 44.5 Å². The summed E-state index contributed by atoms with van der Waals surface area (Å²) in [6.45, 7) is 5.65. The van der Waals surface area contributed by atoms with Gasteiger partial charge in [-0.2, -0.15) is 11.8 Å². The van der Waals surface area contributed by atoms with E-state index < -0.39 is 0 Å². The Bertz CT molecular complexity index is 326. The fourth-order valence-corrected chi connectivity index (χ4v) is 3.14. The first-order valence-electron chi connectivity index (χ1n) is 7.32. The van der Waals surface area contributed by atoms with Crippen molar-refractivity contribution in [2.45, 2.75) is 39.2 Å². The van der Waals surface area contributed by atoms with Gasteiger partial charge in [-0.15, -0.1) is 0 Å². The second-order valence-corrected chi connectivity index (χ2v) is 5.90. The molecule has 0 aliphatic heterocycles. The van der Waals surface area contributed by atoms with Crippen molar-refractivity contribution in [3.05, 3.63) is 35.4 Å². The van der Waals surface area contributed by atoms with Crippen molar-refractivity contribution in [2.24, 2.45) is 0 Å². The van der Waals surface area contributed by atoms with E-state index >= 15 is 0 Å². The molecule has 2 nitrogen and oxygen atoms in total. The summed E-state index contributed by atoms with van der Waals surface area (Å²) < 4.78 is 0. The monoisotopic (exact) mass is 281 g/mol. The van der Waals surface area contributed by atoms with Gasteiger partial charge >= 0.3 is 0 Å². The first-order chi connectivity index (χ1) is 9.31. The molecule has 0 amide bonds. The van der Waals surface area contributed by atoms with Crippen molar-refractivity contribution < 1.29 is 5.11 Å². The molecular weight excluding hydrogens is 254 g/mol. The Labute approximate surface area is 122 Å². The molecule has 1 atom stereocenters. The molecule has 0 saturated carbocycles. The Hall–Kier alpha value is -0.510. The van der Waals surface area contributed by atoms with E-state index in [2.05, 4.69) is 43.4 Å². The molecule has 0 aliphatic carbocycles. The number of thioether (sulfide) groups is 1. The normalized spacial score (nSPS) is 12.6. The lowest BCUT2D eigenvalue weighted by atomic mass is 10.0. The van der Waals surface area contributed by atoms with Crippen LogP contribution in [0.3, 0.4) is 0 Å². The van der Waals surface area contributed by atoms with Crippen LogP contribution in [0.5, 0.6) is 0 Å². The topological polar surface area (TPSA) is 32.3 Å². The van der Waals surface area contributed by atoms with Crippen LogP contribution in [-0.4, -0.2) is 29.8 Å². The standard InChI is InChI=1S/C16H27NOS/c1-3-6-14-7-9-15(10-8-14)16(17-4-2)13-19-12-5-11-18/h7-10,16-18H,3-6,11-13H2,1-2H3. The molecule has 1 unspecified atom stereocenters. The number of rotatable bonds is 10. The molecule has 0 aliphatic rings. The zero-order valence-electron chi connectivity index (χ0n) is 12.2. The Morgan fingerprint density at radius 3 is 2.53 bits per heavy atom. The first kappa shape index (κ1) is 16.5. The molecule has 0 radical (unpaired) electrons. The number of hydrogen-bond acceptors (Lipinski definition) is 3. The number of aliphatic hydroxyl groups excluding tert-OH is 1. The molecule has 1 aromatic carbocycles. The highest BCUT2D eigenvalue weighted by molar-refractivity contribution is 7.99. The van der Waals surface area contributed by atoms with Crippen LogP contribution in [0.4, 0.5) is 0 Å². The Morgan fingerprint density at radius 1 is 1.21 bits per heavy atom. The van der Waals surface area contributed by atoms with E-state index in [1.165, 1.54) is 17.5 Å². The molecule has 19 heavy (non-hydrogen) atoms. The minimum absolute atomic E-state index is 0.296. The molecule has 1 aromatic rings. The van der Waals surface area contributed by atoms with Crippen LogP contribution in [0, 0.1) is 0 Å². The third-order valence-electron chi connectivity index (χ3n) is 3.10. The van der Waals surface area contributed by atoms with Gasteiger partial charge in [0.2, 0.25) is 0 Å². The van der Waals surface area contributed by atoms with Crippen LogP contribution < -0.4 is 5.32 Å².